The Morgan fingerprint density at radius 2 is 1.93 bits per heavy atom. The maximum atomic E-state index is 12.2. The fraction of sp³-hybridized carbons (Fsp3) is 0.222. The summed E-state index contributed by atoms with van der Waals surface area (Å²) in [6.07, 6.45) is 0.925. The third-order valence-corrected chi connectivity index (χ3v) is 7.95. The van der Waals surface area contributed by atoms with Gasteiger partial charge in [0.1, 0.15) is 5.03 Å². The number of amides is 2. The van der Waals surface area contributed by atoms with Gasteiger partial charge in [0.15, 0.2) is 5.25 Å². The molecule has 1 fully saturated rings. The van der Waals surface area contributed by atoms with Crippen LogP contribution in [-0.4, -0.2) is 46.1 Å². The number of benzene rings is 1. The van der Waals surface area contributed by atoms with Crippen molar-refractivity contribution in [2.45, 2.75) is 28.9 Å². The first kappa shape index (κ1) is 22.3. The molecule has 1 N–H and O–H groups in total. The topological polar surface area (TPSA) is 131 Å². The average Bonchev–Trinajstić information content (AvgIpc) is 3.01. The van der Waals surface area contributed by atoms with Gasteiger partial charge in [-0.3, -0.25) is 14.1 Å². The lowest BCUT2D eigenvalue weighted by Gasteiger charge is -2.14. The highest BCUT2D eigenvalue weighted by molar-refractivity contribution is 8.76. The fourth-order valence-corrected chi connectivity index (χ4v) is 5.32. The molecule has 158 valence electrons. The van der Waals surface area contributed by atoms with Gasteiger partial charge in [0.2, 0.25) is 0 Å². The summed E-state index contributed by atoms with van der Waals surface area (Å²) < 4.78 is 31.3. The van der Waals surface area contributed by atoms with Gasteiger partial charge >= 0.3 is 5.97 Å². The average molecular weight is 469 g/mol. The summed E-state index contributed by atoms with van der Waals surface area (Å²) in [4.78, 5) is 45.0. The van der Waals surface area contributed by atoms with E-state index in [9.17, 15) is 22.8 Å². The van der Waals surface area contributed by atoms with Crippen molar-refractivity contribution in [3.8, 4) is 0 Å². The van der Waals surface area contributed by atoms with Gasteiger partial charge in [-0.2, -0.15) is 8.42 Å². The van der Waals surface area contributed by atoms with E-state index >= 15 is 0 Å². The first-order valence-corrected chi connectivity index (χ1v) is 12.3. The Morgan fingerprint density at radius 3 is 2.50 bits per heavy atom. The summed E-state index contributed by atoms with van der Waals surface area (Å²) in [5.74, 6) is -3.32. The normalized spacial score (nSPS) is 17.8. The fourth-order valence-electron chi connectivity index (χ4n) is 2.51. The molecule has 9 nitrogen and oxygen atoms in total. The van der Waals surface area contributed by atoms with Gasteiger partial charge in [0, 0.05) is 11.4 Å². The molecule has 0 saturated carbocycles. The number of nitrogens with zero attached hydrogens (tertiary/aromatic N) is 2. The highest BCUT2D eigenvalue weighted by atomic mass is 33.1. The molecule has 3 rings (SSSR count). The number of carbonyl (C=O) groups is 3. The minimum Gasteiger partial charge on any atom is -0.325 e. The molecule has 1 aliphatic rings. The molecule has 0 radical (unpaired) electrons. The molecule has 30 heavy (non-hydrogen) atoms. The highest BCUT2D eigenvalue weighted by Crippen LogP contribution is 2.41. The van der Waals surface area contributed by atoms with Crippen molar-refractivity contribution in [3.63, 3.8) is 0 Å². The largest absolute Gasteiger partial charge is 0.363 e. The van der Waals surface area contributed by atoms with Crippen LogP contribution >= 0.6 is 21.6 Å². The van der Waals surface area contributed by atoms with Crippen molar-refractivity contribution in [1.82, 2.24) is 10.0 Å². The van der Waals surface area contributed by atoms with Gasteiger partial charge in [-0.05, 0) is 47.5 Å². The van der Waals surface area contributed by atoms with Crippen LogP contribution in [0, 0.1) is 0 Å². The molecule has 2 aromatic rings. The van der Waals surface area contributed by atoms with Crippen molar-refractivity contribution < 1.29 is 32.2 Å². The maximum Gasteiger partial charge on any atom is 0.363 e. The molecule has 1 aliphatic heterocycles. The third kappa shape index (κ3) is 5.19. The van der Waals surface area contributed by atoms with Crippen LogP contribution in [0.4, 0.5) is 0 Å². The predicted octanol–water partition coefficient (Wildman–Crippen LogP) is 2.67. The molecule has 2 atom stereocenters. The van der Waals surface area contributed by atoms with E-state index in [0.717, 1.165) is 10.6 Å². The van der Waals surface area contributed by atoms with Crippen molar-refractivity contribution in [2.24, 2.45) is 0 Å². The van der Waals surface area contributed by atoms with E-state index in [1.807, 2.05) is 25.1 Å². The van der Waals surface area contributed by atoms with Gasteiger partial charge in [-0.1, -0.05) is 29.0 Å². The predicted molar refractivity (Wildman–Crippen MR) is 110 cm³/mol. The summed E-state index contributed by atoms with van der Waals surface area (Å²) in [5.41, 5.74) is 1.00. The lowest BCUT2D eigenvalue weighted by atomic mass is 10.1. The minimum atomic E-state index is -4.77. The van der Waals surface area contributed by atoms with Crippen LogP contribution in [-0.2, 0) is 24.5 Å². The second-order valence-electron chi connectivity index (χ2n) is 6.22. The van der Waals surface area contributed by atoms with E-state index < -0.39 is 39.6 Å². The third-order valence-electron chi connectivity index (χ3n) is 4.13. The molecule has 1 aromatic carbocycles. The van der Waals surface area contributed by atoms with E-state index in [1.54, 1.807) is 29.1 Å². The van der Waals surface area contributed by atoms with E-state index in [-0.39, 0.29) is 15.9 Å². The zero-order valence-corrected chi connectivity index (χ0v) is 17.9. The summed E-state index contributed by atoms with van der Waals surface area (Å²) >= 11 is 0. The van der Waals surface area contributed by atoms with Gasteiger partial charge in [0.05, 0.1) is 12.0 Å². The van der Waals surface area contributed by atoms with Crippen molar-refractivity contribution in [1.29, 1.82) is 0 Å². The van der Waals surface area contributed by atoms with Crippen LogP contribution in [0.5, 0.6) is 0 Å². The number of hydrogen-bond acceptors (Lipinski definition) is 9. The standard InChI is InChI=1S/C18H16N2O7S3/c1-11(28-29-15-4-2-3-9-19-15)12-5-7-13(8-6-12)18(23)27-20-16(21)10-14(17(20)22)30(24,25)26/h2-9,11,14H,10H2,1H3,(H,24,25,26). The first-order chi connectivity index (χ1) is 14.2. The van der Waals surface area contributed by atoms with E-state index in [2.05, 4.69) is 4.98 Å². The zero-order valence-electron chi connectivity index (χ0n) is 15.5. The number of hydrogen-bond donors (Lipinski definition) is 1. The number of imide groups is 1. The number of rotatable bonds is 7. The number of aromatic nitrogens is 1. The minimum absolute atomic E-state index is 0.0734. The molecule has 1 saturated heterocycles. The van der Waals surface area contributed by atoms with Crippen LogP contribution in [0.2, 0.25) is 0 Å². The molecule has 12 heteroatoms. The lowest BCUT2D eigenvalue weighted by molar-refractivity contribution is -0.172. The SMILES string of the molecule is CC(SSc1ccccn1)c1ccc(C(=O)ON2C(=O)CC(S(=O)(=O)O)C2=O)cc1. The molecule has 2 heterocycles. The molecule has 2 unspecified atom stereocenters. The molecular weight excluding hydrogens is 452 g/mol. The Balaban J connectivity index is 1.61. The van der Waals surface area contributed by atoms with Gasteiger partial charge in [-0.25, -0.2) is 9.78 Å². The molecule has 1 aromatic heterocycles. The number of hydroxylamine groups is 2. The second-order valence-corrected chi connectivity index (χ2v) is 10.4. The monoisotopic (exact) mass is 468 g/mol. The molecule has 0 bridgehead atoms. The van der Waals surface area contributed by atoms with Crippen LogP contribution in [0.15, 0.2) is 53.7 Å². The van der Waals surface area contributed by atoms with Gasteiger partial charge in [-0.15, -0.1) is 5.06 Å². The Kier molecular flexibility index (Phi) is 6.81. The summed E-state index contributed by atoms with van der Waals surface area (Å²) in [6.45, 7) is 1.99. The molecular formula is C18H16N2O7S3. The second kappa shape index (κ2) is 9.16. The maximum absolute atomic E-state index is 12.2. The van der Waals surface area contributed by atoms with Crippen molar-refractivity contribution >= 4 is 49.5 Å². The zero-order chi connectivity index (χ0) is 21.9. The highest BCUT2D eigenvalue weighted by Gasteiger charge is 2.48. The number of carbonyl (C=O) groups excluding carboxylic acids is 3. The van der Waals surface area contributed by atoms with Crippen LogP contribution < -0.4 is 0 Å². The van der Waals surface area contributed by atoms with Gasteiger partial charge in [0.25, 0.3) is 21.9 Å². The van der Waals surface area contributed by atoms with Crippen molar-refractivity contribution in [3.05, 3.63) is 59.8 Å². The Bertz CT molecular complexity index is 1060. The summed E-state index contributed by atoms with van der Waals surface area (Å²) in [6, 6.07) is 12.0. The summed E-state index contributed by atoms with van der Waals surface area (Å²) in [5, 5.41) is -0.928. The molecule has 0 aliphatic carbocycles. The number of pyridine rings is 1. The van der Waals surface area contributed by atoms with Crippen LogP contribution in [0.25, 0.3) is 0 Å². The van der Waals surface area contributed by atoms with E-state index in [4.69, 9.17) is 9.39 Å². The lowest BCUT2D eigenvalue weighted by Crippen LogP contribution is -2.36. The Hall–Kier alpha value is -2.41. The molecule has 0 spiro atoms. The smallest absolute Gasteiger partial charge is 0.325 e. The first-order valence-electron chi connectivity index (χ1n) is 8.56. The van der Waals surface area contributed by atoms with E-state index in [1.165, 1.54) is 22.9 Å². The Morgan fingerprint density at radius 1 is 1.23 bits per heavy atom. The van der Waals surface area contributed by atoms with E-state index in [0.29, 0.717) is 0 Å². The summed E-state index contributed by atoms with van der Waals surface area (Å²) in [7, 11) is -1.66. The van der Waals surface area contributed by atoms with Crippen LogP contribution in [0.3, 0.4) is 0 Å². The Labute approximate surface area is 180 Å². The van der Waals surface area contributed by atoms with Crippen LogP contribution in [0.1, 0.15) is 34.5 Å². The molecule has 2 amide bonds. The van der Waals surface area contributed by atoms with Gasteiger partial charge < -0.3 is 4.84 Å². The van der Waals surface area contributed by atoms with Crippen molar-refractivity contribution in [2.75, 3.05) is 0 Å². The quantitative estimate of drug-likeness (QED) is 0.367.